The van der Waals surface area contributed by atoms with E-state index in [4.69, 9.17) is 22.0 Å². The van der Waals surface area contributed by atoms with Crippen LogP contribution in [0.5, 0.6) is 0 Å². The SMILES string of the molecule is CCN(CC(C)C#N)c1nc(Cl)ccc1C(=O)O. The molecule has 0 fully saturated rings. The standard InChI is InChI=1S/C12H14ClN3O2/c1-3-16(7-8(2)6-14)11-9(12(17)18)4-5-10(13)15-11/h4-5,8H,3,7H2,1-2H3,(H,17,18). The van der Waals surface area contributed by atoms with Crippen LogP contribution in [0.1, 0.15) is 24.2 Å². The fraction of sp³-hybridized carbons (Fsp3) is 0.417. The predicted molar refractivity (Wildman–Crippen MR) is 68.9 cm³/mol. The Morgan fingerprint density at radius 1 is 1.67 bits per heavy atom. The van der Waals surface area contributed by atoms with E-state index in [0.717, 1.165) is 0 Å². The number of aromatic carboxylic acids is 1. The smallest absolute Gasteiger partial charge is 0.339 e. The third kappa shape index (κ3) is 3.34. The fourth-order valence-corrected chi connectivity index (χ4v) is 1.71. The third-order valence-electron chi connectivity index (χ3n) is 2.47. The van der Waals surface area contributed by atoms with Crippen LogP contribution in [0, 0.1) is 17.2 Å². The molecule has 1 aromatic heterocycles. The first-order valence-corrected chi connectivity index (χ1v) is 5.91. The van der Waals surface area contributed by atoms with Crippen molar-refractivity contribution in [1.29, 1.82) is 5.26 Å². The van der Waals surface area contributed by atoms with Gasteiger partial charge >= 0.3 is 5.97 Å². The summed E-state index contributed by atoms with van der Waals surface area (Å²) in [6.07, 6.45) is 0. The van der Waals surface area contributed by atoms with Gasteiger partial charge in [0, 0.05) is 13.1 Å². The van der Waals surface area contributed by atoms with Crippen LogP contribution in [-0.4, -0.2) is 29.1 Å². The molecular weight excluding hydrogens is 254 g/mol. The van der Waals surface area contributed by atoms with Crippen LogP contribution in [0.3, 0.4) is 0 Å². The Kier molecular flexibility index (Phi) is 4.93. The topological polar surface area (TPSA) is 77.2 Å². The molecule has 1 N–H and O–H groups in total. The van der Waals surface area contributed by atoms with E-state index in [2.05, 4.69) is 11.1 Å². The number of hydrogen-bond donors (Lipinski definition) is 1. The second kappa shape index (κ2) is 6.22. The highest BCUT2D eigenvalue weighted by Crippen LogP contribution is 2.21. The Morgan fingerprint density at radius 3 is 2.83 bits per heavy atom. The molecule has 0 spiro atoms. The van der Waals surface area contributed by atoms with Gasteiger partial charge < -0.3 is 10.0 Å². The highest BCUT2D eigenvalue weighted by atomic mass is 35.5. The molecule has 1 atom stereocenters. The molecule has 0 bridgehead atoms. The van der Waals surface area contributed by atoms with E-state index in [1.165, 1.54) is 12.1 Å². The van der Waals surface area contributed by atoms with E-state index in [1.54, 1.807) is 11.8 Å². The van der Waals surface area contributed by atoms with Crippen LogP contribution in [0.4, 0.5) is 5.82 Å². The van der Waals surface area contributed by atoms with Crippen LogP contribution in [0.2, 0.25) is 5.15 Å². The summed E-state index contributed by atoms with van der Waals surface area (Å²) in [5.74, 6) is -0.968. The van der Waals surface area contributed by atoms with Crippen LogP contribution in [0.15, 0.2) is 12.1 Å². The number of carboxylic acid groups (broad SMARTS) is 1. The summed E-state index contributed by atoms with van der Waals surface area (Å²) in [4.78, 5) is 16.9. The minimum Gasteiger partial charge on any atom is -0.478 e. The molecule has 5 nitrogen and oxygen atoms in total. The quantitative estimate of drug-likeness (QED) is 0.829. The molecule has 1 unspecified atom stereocenters. The number of halogens is 1. The third-order valence-corrected chi connectivity index (χ3v) is 2.68. The molecule has 0 aliphatic rings. The summed E-state index contributed by atoms with van der Waals surface area (Å²) < 4.78 is 0. The lowest BCUT2D eigenvalue weighted by Crippen LogP contribution is -2.30. The Balaban J connectivity index is 3.15. The zero-order valence-corrected chi connectivity index (χ0v) is 11.0. The molecule has 96 valence electrons. The van der Waals surface area contributed by atoms with E-state index in [-0.39, 0.29) is 16.6 Å². The van der Waals surface area contributed by atoms with E-state index < -0.39 is 5.97 Å². The zero-order chi connectivity index (χ0) is 13.7. The minimum absolute atomic E-state index is 0.0892. The van der Waals surface area contributed by atoms with Crippen molar-refractivity contribution in [2.45, 2.75) is 13.8 Å². The van der Waals surface area contributed by atoms with Gasteiger partial charge in [-0.25, -0.2) is 9.78 Å². The van der Waals surface area contributed by atoms with Crippen molar-refractivity contribution >= 4 is 23.4 Å². The zero-order valence-electron chi connectivity index (χ0n) is 10.2. The maximum Gasteiger partial charge on any atom is 0.339 e. The van der Waals surface area contributed by atoms with Crippen LogP contribution in [-0.2, 0) is 0 Å². The lowest BCUT2D eigenvalue weighted by atomic mass is 10.1. The Labute approximate surface area is 111 Å². The molecule has 1 rings (SSSR count). The maximum atomic E-state index is 11.1. The molecule has 0 aliphatic carbocycles. The summed E-state index contributed by atoms with van der Waals surface area (Å²) in [6, 6.07) is 4.98. The van der Waals surface area contributed by atoms with Crippen molar-refractivity contribution in [3.8, 4) is 6.07 Å². The van der Waals surface area contributed by atoms with E-state index in [1.807, 2.05) is 6.92 Å². The van der Waals surface area contributed by atoms with Crippen LogP contribution in [0.25, 0.3) is 0 Å². The number of pyridine rings is 1. The van der Waals surface area contributed by atoms with Gasteiger partial charge in [-0.2, -0.15) is 5.26 Å². The number of carboxylic acids is 1. The number of anilines is 1. The Bertz CT molecular complexity index is 485. The fourth-order valence-electron chi connectivity index (χ4n) is 1.57. The van der Waals surface area contributed by atoms with Crippen molar-refractivity contribution in [3.05, 3.63) is 22.8 Å². The largest absolute Gasteiger partial charge is 0.478 e. The van der Waals surface area contributed by atoms with Gasteiger partial charge in [0.2, 0.25) is 0 Å². The summed E-state index contributed by atoms with van der Waals surface area (Å²) in [5, 5.41) is 18.2. The van der Waals surface area contributed by atoms with E-state index in [0.29, 0.717) is 18.9 Å². The first kappa shape index (κ1) is 14.3. The second-order valence-corrected chi connectivity index (χ2v) is 4.27. The molecule has 0 saturated heterocycles. The molecule has 1 heterocycles. The molecule has 0 aromatic carbocycles. The van der Waals surface area contributed by atoms with Gasteiger partial charge in [0.25, 0.3) is 0 Å². The summed E-state index contributed by atoms with van der Waals surface area (Å²) in [5.41, 5.74) is 0.0892. The van der Waals surface area contributed by atoms with Gasteiger partial charge in [0.1, 0.15) is 16.5 Å². The molecule has 18 heavy (non-hydrogen) atoms. The van der Waals surface area contributed by atoms with Crippen molar-refractivity contribution in [3.63, 3.8) is 0 Å². The number of aromatic nitrogens is 1. The molecule has 0 radical (unpaired) electrons. The number of nitriles is 1. The van der Waals surface area contributed by atoms with Gasteiger partial charge in [0.15, 0.2) is 0 Å². The summed E-state index contributed by atoms with van der Waals surface area (Å²) >= 11 is 5.80. The predicted octanol–water partition coefficient (Wildman–Crippen LogP) is 2.42. The van der Waals surface area contributed by atoms with Crippen molar-refractivity contribution in [1.82, 2.24) is 4.98 Å². The van der Waals surface area contributed by atoms with E-state index in [9.17, 15) is 4.79 Å². The van der Waals surface area contributed by atoms with Gasteiger partial charge in [-0.1, -0.05) is 11.6 Å². The Hall–Kier alpha value is -1.80. The molecule has 0 aliphatic heterocycles. The monoisotopic (exact) mass is 267 g/mol. The number of hydrogen-bond acceptors (Lipinski definition) is 4. The van der Waals surface area contributed by atoms with Crippen LogP contribution < -0.4 is 4.90 Å². The molecule has 0 amide bonds. The highest BCUT2D eigenvalue weighted by Gasteiger charge is 2.18. The minimum atomic E-state index is -1.06. The number of carbonyl (C=O) groups is 1. The van der Waals surface area contributed by atoms with Gasteiger partial charge in [-0.15, -0.1) is 0 Å². The van der Waals surface area contributed by atoms with Gasteiger partial charge in [0.05, 0.1) is 12.0 Å². The summed E-state index contributed by atoms with van der Waals surface area (Å²) in [6.45, 7) is 4.62. The van der Waals surface area contributed by atoms with Crippen LogP contribution >= 0.6 is 11.6 Å². The van der Waals surface area contributed by atoms with E-state index >= 15 is 0 Å². The molecule has 0 saturated carbocycles. The van der Waals surface area contributed by atoms with Crippen molar-refractivity contribution in [2.75, 3.05) is 18.0 Å². The lowest BCUT2D eigenvalue weighted by molar-refractivity contribution is 0.0697. The average Bonchev–Trinajstić information content (AvgIpc) is 2.35. The molecule has 1 aromatic rings. The normalized spacial score (nSPS) is 11.7. The highest BCUT2D eigenvalue weighted by molar-refractivity contribution is 6.29. The second-order valence-electron chi connectivity index (χ2n) is 3.88. The lowest BCUT2D eigenvalue weighted by Gasteiger charge is -2.24. The first-order chi connectivity index (χ1) is 8.49. The first-order valence-electron chi connectivity index (χ1n) is 5.54. The molecular formula is C12H14ClN3O2. The average molecular weight is 268 g/mol. The maximum absolute atomic E-state index is 11.1. The van der Waals surface area contributed by atoms with Crippen molar-refractivity contribution < 1.29 is 9.90 Å². The number of nitrogens with zero attached hydrogens (tertiary/aromatic N) is 3. The van der Waals surface area contributed by atoms with Crippen molar-refractivity contribution in [2.24, 2.45) is 5.92 Å². The summed E-state index contributed by atoms with van der Waals surface area (Å²) in [7, 11) is 0. The molecule has 6 heteroatoms. The number of rotatable bonds is 5. The van der Waals surface area contributed by atoms with Gasteiger partial charge in [-0.3, -0.25) is 0 Å². The van der Waals surface area contributed by atoms with Gasteiger partial charge in [-0.05, 0) is 26.0 Å². The Morgan fingerprint density at radius 2 is 2.33 bits per heavy atom.